The molecule has 0 saturated carbocycles. The van der Waals surface area contributed by atoms with Gasteiger partial charge in [0.15, 0.2) is 0 Å². The van der Waals surface area contributed by atoms with Crippen LogP contribution >= 0.6 is 0 Å². The lowest BCUT2D eigenvalue weighted by molar-refractivity contribution is 0.209. The fraction of sp³-hybridized carbons (Fsp3) is 1.00. The van der Waals surface area contributed by atoms with Gasteiger partial charge in [0.2, 0.25) is 0 Å². The Labute approximate surface area is 88.2 Å². The summed E-state index contributed by atoms with van der Waals surface area (Å²) in [5.41, 5.74) is 5.80. The molecule has 84 valence electrons. The Morgan fingerprint density at radius 1 is 1.43 bits per heavy atom. The molecule has 0 aromatic heterocycles. The third-order valence-electron chi connectivity index (χ3n) is 3.12. The van der Waals surface area contributed by atoms with Gasteiger partial charge in [-0.2, -0.15) is 0 Å². The minimum atomic E-state index is 0.311. The molecule has 14 heavy (non-hydrogen) atoms. The van der Waals surface area contributed by atoms with E-state index in [9.17, 15) is 0 Å². The largest absolute Gasteiger partial charge is 0.327 e. The van der Waals surface area contributed by atoms with Crippen LogP contribution in [0.2, 0.25) is 0 Å². The van der Waals surface area contributed by atoms with Gasteiger partial charge < -0.3 is 10.6 Å². The molecule has 1 unspecified atom stereocenters. The Bertz CT molecular complexity index is 155. The predicted molar refractivity (Wildman–Crippen MR) is 61.4 cm³/mol. The van der Waals surface area contributed by atoms with E-state index in [2.05, 4.69) is 30.6 Å². The van der Waals surface area contributed by atoms with Gasteiger partial charge in [0.1, 0.15) is 0 Å². The number of nitrogens with two attached hydrogens (primary N) is 1. The van der Waals surface area contributed by atoms with Crippen LogP contribution in [0.5, 0.6) is 0 Å². The molecule has 0 amide bonds. The van der Waals surface area contributed by atoms with E-state index in [0.717, 1.165) is 12.6 Å². The van der Waals surface area contributed by atoms with Gasteiger partial charge in [-0.1, -0.05) is 13.8 Å². The minimum absolute atomic E-state index is 0.311. The molecule has 3 nitrogen and oxygen atoms in total. The smallest absolute Gasteiger partial charge is 0.0235 e. The second-order valence-corrected chi connectivity index (χ2v) is 4.40. The molecule has 1 fully saturated rings. The van der Waals surface area contributed by atoms with Crippen LogP contribution < -0.4 is 5.73 Å². The quantitative estimate of drug-likeness (QED) is 0.709. The van der Waals surface area contributed by atoms with Crippen molar-refractivity contribution in [1.29, 1.82) is 0 Å². The second kappa shape index (κ2) is 5.69. The fourth-order valence-electron chi connectivity index (χ4n) is 2.42. The van der Waals surface area contributed by atoms with Crippen molar-refractivity contribution in [3.63, 3.8) is 0 Å². The van der Waals surface area contributed by atoms with Crippen LogP contribution in [-0.2, 0) is 0 Å². The van der Waals surface area contributed by atoms with Gasteiger partial charge in [0.25, 0.3) is 0 Å². The molecule has 0 radical (unpaired) electrons. The maximum Gasteiger partial charge on any atom is 0.0235 e. The molecule has 0 aromatic carbocycles. The molecular weight excluding hydrogens is 174 g/mol. The summed E-state index contributed by atoms with van der Waals surface area (Å²) < 4.78 is 0. The Balaban J connectivity index is 2.32. The molecule has 1 aliphatic heterocycles. The summed E-state index contributed by atoms with van der Waals surface area (Å²) >= 11 is 0. The van der Waals surface area contributed by atoms with Crippen LogP contribution in [0, 0.1) is 0 Å². The highest BCUT2D eigenvalue weighted by molar-refractivity contribution is 4.83. The first-order valence-corrected chi connectivity index (χ1v) is 5.89. The van der Waals surface area contributed by atoms with Gasteiger partial charge in [0, 0.05) is 25.2 Å². The summed E-state index contributed by atoms with van der Waals surface area (Å²) in [6.45, 7) is 12.4. The van der Waals surface area contributed by atoms with Crippen molar-refractivity contribution in [1.82, 2.24) is 9.80 Å². The highest BCUT2D eigenvalue weighted by atomic mass is 15.2. The zero-order valence-corrected chi connectivity index (χ0v) is 9.87. The van der Waals surface area contributed by atoms with Gasteiger partial charge in [-0.05, 0) is 33.0 Å². The average Bonchev–Trinajstić information content (AvgIpc) is 2.54. The monoisotopic (exact) mass is 199 g/mol. The molecule has 1 heterocycles. The first kappa shape index (κ1) is 12.0. The molecule has 1 rings (SSSR count). The summed E-state index contributed by atoms with van der Waals surface area (Å²) in [5, 5.41) is 0. The maximum atomic E-state index is 5.80. The lowest BCUT2D eigenvalue weighted by Gasteiger charge is -2.26. The van der Waals surface area contributed by atoms with Gasteiger partial charge in [0.05, 0.1) is 0 Å². The zero-order valence-electron chi connectivity index (χ0n) is 9.87. The number of nitrogens with zero attached hydrogens (tertiary/aromatic N) is 2. The Morgan fingerprint density at radius 3 is 2.57 bits per heavy atom. The minimum Gasteiger partial charge on any atom is -0.327 e. The maximum absolute atomic E-state index is 5.80. The van der Waals surface area contributed by atoms with Gasteiger partial charge in [-0.15, -0.1) is 0 Å². The molecule has 2 atom stereocenters. The third-order valence-corrected chi connectivity index (χ3v) is 3.12. The summed E-state index contributed by atoms with van der Waals surface area (Å²) in [5.74, 6) is 0. The Morgan fingerprint density at radius 2 is 2.07 bits per heavy atom. The molecule has 1 aliphatic rings. The number of hydrogen-bond donors (Lipinski definition) is 1. The van der Waals surface area contributed by atoms with E-state index in [4.69, 9.17) is 5.73 Å². The van der Waals surface area contributed by atoms with Crippen molar-refractivity contribution in [3.05, 3.63) is 0 Å². The Hall–Kier alpha value is -0.120. The fourth-order valence-corrected chi connectivity index (χ4v) is 2.42. The number of likely N-dealkylation sites (tertiary alicyclic amines) is 1. The molecule has 0 bridgehead atoms. The van der Waals surface area contributed by atoms with Crippen molar-refractivity contribution in [2.75, 3.05) is 32.7 Å². The van der Waals surface area contributed by atoms with E-state index in [-0.39, 0.29) is 0 Å². The molecule has 3 heteroatoms. The summed E-state index contributed by atoms with van der Waals surface area (Å²) in [6, 6.07) is 1.08. The van der Waals surface area contributed by atoms with E-state index in [0.29, 0.717) is 6.04 Å². The van der Waals surface area contributed by atoms with Gasteiger partial charge >= 0.3 is 0 Å². The van der Waals surface area contributed by atoms with Crippen molar-refractivity contribution in [2.24, 2.45) is 5.73 Å². The second-order valence-electron chi connectivity index (χ2n) is 4.40. The lowest BCUT2D eigenvalue weighted by Crippen LogP contribution is -2.39. The first-order valence-electron chi connectivity index (χ1n) is 5.89. The summed E-state index contributed by atoms with van der Waals surface area (Å²) in [4.78, 5) is 5.05. The third kappa shape index (κ3) is 3.23. The zero-order chi connectivity index (χ0) is 10.6. The molecule has 0 aromatic rings. The first-order chi connectivity index (χ1) is 6.67. The van der Waals surface area contributed by atoms with Crippen LogP contribution in [0.25, 0.3) is 0 Å². The molecule has 1 saturated heterocycles. The van der Waals surface area contributed by atoms with Gasteiger partial charge in [-0.3, -0.25) is 4.90 Å². The van der Waals surface area contributed by atoms with Crippen LogP contribution in [0.15, 0.2) is 0 Å². The van der Waals surface area contributed by atoms with E-state index < -0.39 is 0 Å². The SMILES string of the molecule is CCN(CC)C1CCN(C[C@@H](C)N)C1. The van der Waals surface area contributed by atoms with Crippen LogP contribution in [-0.4, -0.2) is 54.6 Å². The average molecular weight is 199 g/mol. The van der Waals surface area contributed by atoms with Crippen molar-refractivity contribution in [2.45, 2.75) is 39.3 Å². The van der Waals surface area contributed by atoms with E-state index in [1.807, 2.05) is 0 Å². The normalized spacial score (nSPS) is 25.9. The van der Waals surface area contributed by atoms with Gasteiger partial charge in [-0.25, -0.2) is 0 Å². The van der Waals surface area contributed by atoms with Crippen LogP contribution in [0.3, 0.4) is 0 Å². The van der Waals surface area contributed by atoms with Crippen molar-refractivity contribution >= 4 is 0 Å². The molecular formula is C11H25N3. The number of rotatable bonds is 5. The number of likely N-dealkylation sites (N-methyl/N-ethyl adjacent to an activating group) is 1. The molecule has 2 N–H and O–H groups in total. The van der Waals surface area contributed by atoms with E-state index in [1.54, 1.807) is 0 Å². The van der Waals surface area contributed by atoms with Crippen molar-refractivity contribution < 1.29 is 0 Å². The lowest BCUT2D eigenvalue weighted by atomic mass is 10.2. The summed E-state index contributed by atoms with van der Waals surface area (Å²) in [6.07, 6.45) is 1.31. The van der Waals surface area contributed by atoms with E-state index >= 15 is 0 Å². The summed E-state index contributed by atoms with van der Waals surface area (Å²) in [7, 11) is 0. The van der Waals surface area contributed by atoms with Crippen molar-refractivity contribution in [3.8, 4) is 0 Å². The molecule has 0 spiro atoms. The topological polar surface area (TPSA) is 32.5 Å². The Kier molecular flexibility index (Phi) is 4.85. The standard InChI is InChI=1S/C11H25N3/c1-4-14(5-2)11-6-7-13(9-11)8-10(3)12/h10-11H,4-9,12H2,1-3H3/t10-,11?/m1/s1. The number of hydrogen-bond acceptors (Lipinski definition) is 3. The van der Waals surface area contributed by atoms with Crippen LogP contribution in [0.4, 0.5) is 0 Å². The highest BCUT2D eigenvalue weighted by Gasteiger charge is 2.25. The predicted octanol–water partition coefficient (Wildman–Crippen LogP) is 0.750. The van der Waals surface area contributed by atoms with Crippen LogP contribution in [0.1, 0.15) is 27.2 Å². The van der Waals surface area contributed by atoms with E-state index in [1.165, 1.54) is 32.6 Å². The highest BCUT2D eigenvalue weighted by Crippen LogP contribution is 2.15. The molecule has 0 aliphatic carbocycles.